The van der Waals surface area contributed by atoms with Crippen molar-refractivity contribution in [1.29, 1.82) is 0 Å². The number of aliphatic carboxylic acids is 1. The Bertz CT molecular complexity index is 356. The zero-order valence-electron chi connectivity index (χ0n) is 7.12. The first-order valence-corrected chi connectivity index (χ1v) is 3.77. The third-order valence-electron chi connectivity index (χ3n) is 1.61. The number of halogens is 1. The summed E-state index contributed by atoms with van der Waals surface area (Å²) in [6.45, 7) is 1.65. The summed E-state index contributed by atoms with van der Waals surface area (Å²) in [6, 6.07) is 4.57. The third kappa shape index (κ3) is 2.71. The number of carboxylic acids is 1. The zero-order valence-corrected chi connectivity index (χ0v) is 7.12. The van der Waals surface area contributed by atoms with Crippen molar-refractivity contribution in [2.24, 2.45) is 0 Å². The largest absolute Gasteiger partial charge is 0.478 e. The van der Waals surface area contributed by atoms with Crippen molar-refractivity contribution in [2.75, 3.05) is 0 Å². The lowest BCUT2D eigenvalue weighted by molar-refractivity contribution is -0.131. The summed E-state index contributed by atoms with van der Waals surface area (Å²) < 4.78 is 12.9. The van der Waals surface area contributed by atoms with E-state index >= 15 is 0 Å². The van der Waals surface area contributed by atoms with Gasteiger partial charge in [0.25, 0.3) is 0 Å². The molecule has 0 aliphatic heterocycles. The molecular formula is C10H9FO2. The van der Waals surface area contributed by atoms with Gasteiger partial charge in [-0.2, -0.15) is 0 Å². The molecule has 0 unspecified atom stereocenters. The van der Waals surface area contributed by atoms with Gasteiger partial charge < -0.3 is 5.11 Å². The predicted octanol–water partition coefficient (Wildman–Crippen LogP) is 2.23. The predicted molar refractivity (Wildman–Crippen MR) is 47.8 cm³/mol. The Morgan fingerprint density at radius 1 is 1.54 bits per heavy atom. The van der Waals surface area contributed by atoms with E-state index in [1.165, 1.54) is 12.1 Å². The highest BCUT2D eigenvalue weighted by atomic mass is 19.1. The molecule has 0 spiro atoms. The summed E-state index contributed by atoms with van der Waals surface area (Å²) in [7, 11) is 0. The van der Waals surface area contributed by atoms with Crippen LogP contribution in [0.25, 0.3) is 6.08 Å². The number of carbonyl (C=O) groups is 1. The molecule has 3 heteroatoms. The van der Waals surface area contributed by atoms with Crippen molar-refractivity contribution in [3.05, 3.63) is 41.2 Å². The monoisotopic (exact) mass is 180 g/mol. The number of benzene rings is 1. The van der Waals surface area contributed by atoms with Crippen LogP contribution in [0.3, 0.4) is 0 Å². The van der Waals surface area contributed by atoms with Crippen molar-refractivity contribution < 1.29 is 14.3 Å². The Labute approximate surface area is 75.3 Å². The first kappa shape index (κ1) is 9.45. The minimum absolute atomic E-state index is 0.326. The number of hydrogen-bond donors (Lipinski definition) is 1. The quantitative estimate of drug-likeness (QED) is 0.708. The van der Waals surface area contributed by atoms with Crippen LogP contribution in [-0.4, -0.2) is 11.1 Å². The van der Waals surface area contributed by atoms with Gasteiger partial charge in [-0.25, -0.2) is 9.18 Å². The lowest BCUT2D eigenvalue weighted by Crippen LogP contribution is -1.87. The Morgan fingerprint density at radius 2 is 2.23 bits per heavy atom. The maximum atomic E-state index is 12.9. The van der Waals surface area contributed by atoms with E-state index in [-0.39, 0.29) is 5.82 Å². The molecule has 0 saturated carbocycles. The molecule has 2 nitrogen and oxygen atoms in total. The summed E-state index contributed by atoms with van der Waals surface area (Å²) in [6.07, 6.45) is 2.33. The lowest BCUT2D eigenvalue weighted by atomic mass is 10.1. The molecule has 13 heavy (non-hydrogen) atoms. The molecule has 0 bridgehead atoms. The van der Waals surface area contributed by atoms with Crippen LogP contribution in [0.1, 0.15) is 11.1 Å². The molecule has 1 aromatic carbocycles. The van der Waals surface area contributed by atoms with Gasteiger partial charge in [0.2, 0.25) is 0 Å². The van der Waals surface area contributed by atoms with Crippen LogP contribution in [0.5, 0.6) is 0 Å². The molecular weight excluding hydrogens is 171 g/mol. The molecule has 0 radical (unpaired) electrons. The van der Waals surface area contributed by atoms with Gasteiger partial charge in [-0.3, -0.25) is 0 Å². The van der Waals surface area contributed by atoms with Crippen LogP contribution in [-0.2, 0) is 4.79 Å². The second-order valence-electron chi connectivity index (χ2n) is 2.68. The molecule has 68 valence electrons. The number of carboxylic acid groups (broad SMARTS) is 1. The molecule has 1 rings (SSSR count). The second kappa shape index (κ2) is 3.85. The summed E-state index contributed by atoms with van der Waals surface area (Å²) in [5, 5.41) is 8.32. The molecule has 0 amide bonds. The fourth-order valence-corrected chi connectivity index (χ4v) is 0.880. The summed E-state index contributed by atoms with van der Waals surface area (Å²) in [5.74, 6) is -1.37. The van der Waals surface area contributed by atoms with Crippen molar-refractivity contribution in [3.63, 3.8) is 0 Å². The van der Waals surface area contributed by atoms with E-state index in [1.807, 2.05) is 0 Å². The molecule has 0 heterocycles. The van der Waals surface area contributed by atoms with Crippen LogP contribution in [0.15, 0.2) is 24.3 Å². The molecule has 1 N–H and O–H groups in total. The Morgan fingerprint density at radius 3 is 2.77 bits per heavy atom. The second-order valence-corrected chi connectivity index (χ2v) is 2.68. The molecule has 1 aromatic rings. The van der Waals surface area contributed by atoms with E-state index in [0.717, 1.165) is 6.08 Å². The van der Waals surface area contributed by atoms with Crippen molar-refractivity contribution in [3.8, 4) is 0 Å². The highest BCUT2D eigenvalue weighted by Crippen LogP contribution is 2.10. The zero-order chi connectivity index (χ0) is 9.84. The Kier molecular flexibility index (Phi) is 2.80. The van der Waals surface area contributed by atoms with Gasteiger partial charge in [-0.1, -0.05) is 12.1 Å². The number of hydrogen-bond acceptors (Lipinski definition) is 1. The maximum absolute atomic E-state index is 12.9. The van der Waals surface area contributed by atoms with Gasteiger partial charge >= 0.3 is 5.97 Å². The summed E-state index contributed by atoms with van der Waals surface area (Å²) >= 11 is 0. The molecule has 0 saturated heterocycles. The van der Waals surface area contributed by atoms with Crippen LogP contribution in [0, 0.1) is 12.7 Å². The number of rotatable bonds is 2. The summed E-state index contributed by atoms with van der Waals surface area (Å²) in [4.78, 5) is 10.1. The lowest BCUT2D eigenvalue weighted by Gasteiger charge is -1.96. The van der Waals surface area contributed by atoms with Crippen LogP contribution < -0.4 is 0 Å². The van der Waals surface area contributed by atoms with Gasteiger partial charge in [0.1, 0.15) is 5.82 Å². The smallest absolute Gasteiger partial charge is 0.328 e. The topological polar surface area (TPSA) is 37.3 Å². The van der Waals surface area contributed by atoms with Gasteiger partial charge in [-0.15, -0.1) is 0 Å². The minimum Gasteiger partial charge on any atom is -0.478 e. The van der Waals surface area contributed by atoms with E-state index in [0.29, 0.717) is 11.1 Å². The Balaban J connectivity index is 2.92. The number of aryl methyl sites for hydroxylation is 1. The van der Waals surface area contributed by atoms with E-state index in [4.69, 9.17) is 5.11 Å². The molecule has 0 fully saturated rings. The standard InChI is InChI=1S/C10H9FO2/c1-7-2-3-8(6-9(7)11)4-5-10(12)13/h2-6H,1H3,(H,12,13)/b5-4+. The SMILES string of the molecule is Cc1ccc(/C=C/C(=O)O)cc1F. The van der Waals surface area contributed by atoms with E-state index in [2.05, 4.69) is 0 Å². The first-order valence-electron chi connectivity index (χ1n) is 3.77. The highest BCUT2D eigenvalue weighted by Gasteiger charge is 1.96. The fourth-order valence-electron chi connectivity index (χ4n) is 0.880. The molecule has 0 aliphatic carbocycles. The summed E-state index contributed by atoms with van der Waals surface area (Å²) in [5.41, 5.74) is 1.10. The molecule has 0 atom stereocenters. The molecule has 0 aliphatic rings. The third-order valence-corrected chi connectivity index (χ3v) is 1.61. The van der Waals surface area contributed by atoms with Crippen LogP contribution in [0.2, 0.25) is 0 Å². The van der Waals surface area contributed by atoms with Gasteiger partial charge in [0, 0.05) is 6.08 Å². The first-order chi connectivity index (χ1) is 6.09. The van der Waals surface area contributed by atoms with Gasteiger partial charge in [-0.05, 0) is 30.2 Å². The van der Waals surface area contributed by atoms with E-state index < -0.39 is 5.97 Å². The fraction of sp³-hybridized carbons (Fsp3) is 0.100. The Hall–Kier alpha value is -1.64. The van der Waals surface area contributed by atoms with E-state index in [9.17, 15) is 9.18 Å². The minimum atomic E-state index is -1.04. The van der Waals surface area contributed by atoms with Crippen LogP contribution >= 0.6 is 0 Å². The van der Waals surface area contributed by atoms with Crippen molar-refractivity contribution in [1.82, 2.24) is 0 Å². The van der Waals surface area contributed by atoms with Gasteiger partial charge in [0.15, 0.2) is 0 Å². The average molecular weight is 180 g/mol. The van der Waals surface area contributed by atoms with E-state index in [1.54, 1.807) is 19.1 Å². The van der Waals surface area contributed by atoms with Crippen LogP contribution in [0.4, 0.5) is 4.39 Å². The van der Waals surface area contributed by atoms with Crippen molar-refractivity contribution >= 4 is 12.0 Å². The molecule has 0 aromatic heterocycles. The van der Waals surface area contributed by atoms with Crippen molar-refractivity contribution in [2.45, 2.75) is 6.92 Å². The average Bonchev–Trinajstić information content (AvgIpc) is 2.07. The highest BCUT2D eigenvalue weighted by molar-refractivity contribution is 5.85. The van der Waals surface area contributed by atoms with Gasteiger partial charge in [0.05, 0.1) is 0 Å². The normalized spacial score (nSPS) is 10.6. The maximum Gasteiger partial charge on any atom is 0.328 e.